The van der Waals surface area contributed by atoms with Gasteiger partial charge in [0.2, 0.25) is 0 Å². The van der Waals surface area contributed by atoms with Crippen molar-refractivity contribution in [2.45, 2.75) is 54.4 Å². The van der Waals surface area contributed by atoms with Gasteiger partial charge in [0.25, 0.3) is 0 Å². The third-order valence-corrected chi connectivity index (χ3v) is 2.01. The van der Waals surface area contributed by atoms with E-state index in [-0.39, 0.29) is 13.2 Å². The van der Waals surface area contributed by atoms with Crippen molar-refractivity contribution in [2.24, 2.45) is 5.41 Å². The summed E-state index contributed by atoms with van der Waals surface area (Å²) in [5, 5.41) is 0. The molecule has 1 aromatic rings. The number of rotatable bonds is 0. The molecule has 0 amide bonds. The first kappa shape index (κ1) is 15.8. The molecule has 0 aliphatic heterocycles. The zero-order chi connectivity index (χ0) is 12.2. The summed E-state index contributed by atoms with van der Waals surface area (Å²) in [5.41, 5.74) is 2.31. The molecule has 0 fully saturated rings. The molecule has 2 heteroatoms. The predicted molar refractivity (Wildman–Crippen MR) is 73.4 cm³/mol. The van der Waals surface area contributed by atoms with Gasteiger partial charge in [0.05, 0.1) is 0 Å². The van der Waals surface area contributed by atoms with E-state index >= 15 is 0 Å². The lowest BCUT2D eigenvalue weighted by atomic mass is 9.95. The van der Waals surface area contributed by atoms with Crippen molar-refractivity contribution in [1.29, 1.82) is 0 Å². The van der Waals surface area contributed by atoms with Gasteiger partial charge in [0.1, 0.15) is 5.69 Å². The van der Waals surface area contributed by atoms with Crippen LogP contribution < -0.4 is 0 Å². The zero-order valence-corrected chi connectivity index (χ0v) is 10.7. The largest absolute Gasteiger partial charge is 0.292 e. The number of carbonyl (C=O) groups excluding carboxylic acids is 1. The van der Waals surface area contributed by atoms with Gasteiger partial charge in [-0.25, -0.2) is 0 Å². The molecule has 17 heavy (non-hydrogen) atoms. The lowest BCUT2D eigenvalue weighted by Crippen LogP contribution is -2.12. The van der Waals surface area contributed by atoms with Crippen molar-refractivity contribution in [1.82, 2.24) is 4.98 Å². The van der Waals surface area contributed by atoms with Gasteiger partial charge in [-0.1, -0.05) is 41.2 Å². The third kappa shape index (κ3) is 6.20. The van der Waals surface area contributed by atoms with Gasteiger partial charge in [-0.15, -0.1) is 0 Å². The zero-order valence-electron chi connectivity index (χ0n) is 10.7. The molecule has 1 aromatic heterocycles. The topological polar surface area (TPSA) is 30.0 Å². The van der Waals surface area contributed by atoms with Crippen molar-refractivity contribution < 1.29 is 4.79 Å². The van der Waals surface area contributed by atoms with Crippen LogP contribution in [0.2, 0.25) is 0 Å². The second-order valence-corrected chi connectivity index (χ2v) is 5.79. The Morgan fingerprint density at radius 2 is 1.76 bits per heavy atom. The highest BCUT2D eigenvalue weighted by Gasteiger charge is 2.16. The number of Topliss-reactive ketones (excluding diaryl/α,β-unsaturated/α-hetero) is 1. The van der Waals surface area contributed by atoms with E-state index in [4.69, 9.17) is 0 Å². The highest BCUT2D eigenvalue weighted by atomic mass is 16.1. The molecule has 1 heterocycles. The lowest BCUT2D eigenvalue weighted by Gasteiger charge is -2.11. The second-order valence-electron chi connectivity index (χ2n) is 5.79. The highest BCUT2D eigenvalue weighted by molar-refractivity contribution is 5.96. The minimum atomic E-state index is 0. The number of hydrogen-bond donors (Lipinski definition) is 0. The quantitative estimate of drug-likeness (QED) is 0.671. The van der Waals surface area contributed by atoms with E-state index in [2.05, 4.69) is 32.7 Å². The lowest BCUT2D eigenvalue weighted by molar-refractivity contribution is 0.0967. The SMILES string of the molecule is C.CC(C)(C)C.O=C1CCCc2cccnc21. The Balaban J connectivity index is 0.000000373. The first-order valence-corrected chi connectivity index (χ1v) is 5.85. The second kappa shape index (κ2) is 6.53. The summed E-state index contributed by atoms with van der Waals surface area (Å²) in [6.07, 6.45) is 4.35. The van der Waals surface area contributed by atoms with Gasteiger partial charge < -0.3 is 0 Å². The molecule has 0 radical (unpaired) electrons. The number of hydrogen-bond acceptors (Lipinski definition) is 2. The van der Waals surface area contributed by atoms with Crippen LogP contribution in [0.25, 0.3) is 0 Å². The molecule has 0 unspecified atom stereocenters. The number of aryl methyl sites for hydroxylation is 1. The molecule has 96 valence electrons. The molecule has 0 aromatic carbocycles. The minimum absolute atomic E-state index is 0. The predicted octanol–water partition coefficient (Wildman–Crippen LogP) is 4.29. The van der Waals surface area contributed by atoms with Crippen molar-refractivity contribution in [3.05, 3.63) is 29.6 Å². The molecule has 0 saturated heterocycles. The van der Waals surface area contributed by atoms with Crippen LogP contribution >= 0.6 is 0 Å². The molecule has 1 aliphatic carbocycles. The van der Waals surface area contributed by atoms with E-state index in [0.717, 1.165) is 18.4 Å². The van der Waals surface area contributed by atoms with E-state index in [1.807, 2.05) is 12.1 Å². The van der Waals surface area contributed by atoms with E-state index in [9.17, 15) is 4.79 Å². The average Bonchev–Trinajstić information content (AvgIpc) is 2.16. The summed E-state index contributed by atoms with van der Waals surface area (Å²) in [5.74, 6) is 0.201. The number of ketones is 1. The smallest absolute Gasteiger partial charge is 0.181 e. The third-order valence-electron chi connectivity index (χ3n) is 2.01. The molecule has 0 bridgehead atoms. The molecule has 0 saturated carbocycles. The van der Waals surface area contributed by atoms with Crippen molar-refractivity contribution in [2.75, 3.05) is 0 Å². The van der Waals surface area contributed by atoms with Crippen LogP contribution in [0.5, 0.6) is 0 Å². The normalized spacial score (nSPS) is 14.0. The van der Waals surface area contributed by atoms with Crippen molar-refractivity contribution >= 4 is 5.78 Å². The Morgan fingerprint density at radius 1 is 1.18 bits per heavy atom. The molecule has 0 atom stereocenters. The number of pyridine rings is 1. The fourth-order valence-corrected chi connectivity index (χ4v) is 1.45. The Kier molecular flexibility index (Phi) is 6.08. The van der Waals surface area contributed by atoms with Crippen LogP contribution in [-0.4, -0.2) is 10.8 Å². The van der Waals surface area contributed by atoms with Gasteiger partial charge in [-0.05, 0) is 29.9 Å². The van der Waals surface area contributed by atoms with Gasteiger partial charge in [0, 0.05) is 12.6 Å². The number of carbonyl (C=O) groups is 1. The standard InChI is InChI=1S/C9H9NO.C5H12.CH4/c11-8-5-1-3-7-4-2-6-10-9(7)8;1-5(2,3)4;/h2,4,6H,1,3,5H2;1-4H3;1H4. The first-order chi connectivity index (χ1) is 7.38. The number of nitrogens with zero attached hydrogens (tertiary/aromatic N) is 1. The van der Waals surface area contributed by atoms with E-state index in [1.54, 1.807) is 6.20 Å². The highest BCUT2D eigenvalue weighted by Crippen LogP contribution is 2.17. The van der Waals surface area contributed by atoms with Crippen LogP contribution in [0.1, 0.15) is 64.0 Å². The van der Waals surface area contributed by atoms with Crippen molar-refractivity contribution in [3.63, 3.8) is 0 Å². The molecule has 2 nitrogen and oxygen atoms in total. The monoisotopic (exact) mass is 235 g/mol. The summed E-state index contributed by atoms with van der Waals surface area (Å²) in [6, 6.07) is 3.87. The fourth-order valence-electron chi connectivity index (χ4n) is 1.45. The Morgan fingerprint density at radius 3 is 2.29 bits per heavy atom. The van der Waals surface area contributed by atoms with Crippen LogP contribution in [0, 0.1) is 5.41 Å². The first-order valence-electron chi connectivity index (χ1n) is 5.85. The van der Waals surface area contributed by atoms with Gasteiger partial charge >= 0.3 is 0 Å². The molecule has 0 spiro atoms. The summed E-state index contributed by atoms with van der Waals surface area (Å²) >= 11 is 0. The molecule has 2 rings (SSSR count). The maximum Gasteiger partial charge on any atom is 0.181 e. The molecule has 0 N–H and O–H groups in total. The van der Waals surface area contributed by atoms with Gasteiger partial charge in [-0.2, -0.15) is 0 Å². The summed E-state index contributed by atoms with van der Waals surface area (Å²) in [7, 11) is 0. The molecular weight excluding hydrogens is 210 g/mol. The van der Waals surface area contributed by atoms with Gasteiger partial charge in [0.15, 0.2) is 5.78 Å². The number of aromatic nitrogens is 1. The van der Waals surface area contributed by atoms with Crippen LogP contribution in [0.4, 0.5) is 0 Å². The molecule has 1 aliphatic rings. The van der Waals surface area contributed by atoms with Gasteiger partial charge in [-0.3, -0.25) is 9.78 Å². The van der Waals surface area contributed by atoms with E-state index in [1.165, 1.54) is 0 Å². The maximum absolute atomic E-state index is 11.2. The van der Waals surface area contributed by atoms with E-state index in [0.29, 0.717) is 17.5 Å². The average molecular weight is 235 g/mol. The minimum Gasteiger partial charge on any atom is -0.292 e. The summed E-state index contributed by atoms with van der Waals surface area (Å²) in [4.78, 5) is 15.3. The van der Waals surface area contributed by atoms with Crippen LogP contribution in [0.3, 0.4) is 0 Å². The Bertz CT molecular complexity index is 357. The molecular formula is C15H25NO. The summed E-state index contributed by atoms with van der Waals surface area (Å²) < 4.78 is 0. The Hall–Kier alpha value is -1.18. The maximum atomic E-state index is 11.2. The fraction of sp³-hybridized carbons (Fsp3) is 0.600. The van der Waals surface area contributed by atoms with Crippen molar-refractivity contribution in [3.8, 4) is 0 Å². The van der Waals surface area contributed by atoms with Crippen LogP contribution in [-0.2, 0) is 6.42 Å². The van der Waals surface area contributed by atoms with Crippen LogP contribution in [0.15, 0.2) is 18.3 Å². The van der Waals surface area contributed by atoms with E-state index < -0.39 is 0 Å². The number of fused-ring (bicyclic) bond motifs is 1. The summed E-state index contributed by atoms with van der Waals surface area (Å²) in [6.45, 7) is 8.75. The Labute approximate surface area is 105 Å².